The Bertz CT molecular complexity index is 449. The van der Waals surface area contributed by atoms with E-state index in [0.29, 0.717) is 12.5 Å². The summed E-state index contributed by atoms with van der Waals surface area (Å²) in [6.45, 7) is 4.57. The number of aryl methyl sites for hydroxylation is 1. The Kier molecular flexibility index (Phi) is 8.69. The summed E-state index contributed by atoms with van der Waals surface area (Å²) in [4.78, 5) is 4.65. The number of aliphatic hydroxyl groups is 1. The predicted octanol–water partition coefficient (Wildman–Crippen LogP) is 4.34. The highest BCUT2D eigenvalue weighted by atomic mass is 16.2. The molecule has 0 aromatic carbocycles. The molecule has 0 aliphatic rings. The van der Waals surface area contributed by atoms with Crippen molar-refractivity contribution in [2.24, 2.45) is 0 Å². The molecule has 0 radical (unpaired) electrons. The largest absolute Gasteiger partial charge is 0.396 e. The molecule has 1 aromatic rings. The monoisotopic (exact) mass is 288 g/mol. The first-order valence-corrected chi connectivity index (χ1v) is 8.19. The lowest BCUT2D eigenvalue weighted by Crippen LogP contribution is -2.01. The highest BCUT2D eigenvalue weighted by Crippen LogP contribution is 2.17. The lowest BCUT2D eigenvalue weighted by Gasteiger charge is -2.09. The minimum Gasteiger partial charge on any atom is -0.396 e. The zero-order chi connectivity index (χ0) is 15.5. The SMILES string of the molecule is CC(C)c1ccc(C#N)c(CCCCCCCCCO)n1. The molecule has 21 heavy (non-hydrogen) atoms. The van der Waals surface area contributed by atoms with Gasteiger partial charge in [-0.2, -0.15) is 5.26 Å². The van der Waals surface area contributed by atoms with E-state index < -0.39 is 0 Å². The van der Waals surface area contributed by atoms with E-state index in [4.69, 9.17) is 10.4 Å². The van der Waals surface area contributed by atoms with Crippen LogP contribution in [0.1, 0.15) is 81.7 Å². The van der Waals surface area contributed by atoms with Crippen molar-refractivity contribution in [2.75, 3.05) is 6.61 Å². The van der Waals surface area contributed by atoms with Crippen LogP contribution < -0.4 is 0 Å². The number of nitrogens with zero attached hydrogens (tertiary/aromatic N) is 2. The van der Waals surface area contributed by atoms with Crippen molar-refractivity contribution in [1.82, 2.24) is 4.98 Å². The van der Waals surface area contributed by atoms with Gasteiger partial charge in [-0.3, -0.25) is 4.98 Å². The third-order valence-corrected chi connectivity index (χ3v) is 3.78. The van der Waals surface area contributed by atoms with E-state index in [1.165, 1.54) is 25.7 Å². The van der Waals surface area contributed by atoms with Crippen molar-refractivity contribution in [1.29, 1.82) is 5.26 Å². The number of rotatable bonds is 10. The summed E-state index contributed by atoms with van der Waals surface area (Å²) in [5.41, 5.74) is 2.76. The second-order valence-corrected chi connectivity index (χ2v) is 5.95. The van der Waals surface area contributed by atoms with Crippen LogP contribution in [-0.4, -0.2) is 16.7 Å². The van der Waals surface area contributed by atoms with E-state index in [9.17, 15) is 0 Å². The molecule has 1 rings (SSSR count). The summed E-state index contributed by atoms with van der Waals surface area (Å²) < 4.78 is 0. The van der Waals surface area contributed by atoms with Gasteiger partial charge >= 0.3 is 0 Å². The Morgan fingerprint density at radius 2 is 1.67 bits per heavy atom. The fourth-order valence-electron chi connectivity index (χ4n) is 2.42. The van der Waals surface area contributed by atoms with E-state index in [1.54, 1.807) is 0 Å². The number of unbranched alkanes of at least 4 members (excludes halogenated alkanes) is 6. The molecule has 1 aromatic heterocycles. The summed E-state index contributed by atoms with van der Waals surface area (Å²) in [5.74, 6) is 0.406. The van der Waals surface area contributed by atoms with Gasteiger partial charge in [0, 0.05) is 12.3 Å². The molecule has 0 saturated heterocycles. The Hall–Kier alpha value is -1.40. The van der Waals surface area contributed by atoms with Crippen LogP contribution in [0, 0.1) is 11.3 Å². The highest BCUT2D eigenvalue weighted by Gasteiger charge is 2.07. The molecule has 1 heterocycles. The molecule has 0 aliphatic heterocycles. The highest BCUT2D eigenvalue weighted by molar-refractivity contribution is 5.34. The number of pyridine rings is 1. The first kappa shape index (κ1) is 17.7. The van der Waals surface area contributed by atoms with Crippen LogP contribution in [0.4, 0.5) is 0 Å². The van der Waals surface area contributed by atoms with Gasteiger partial charge in [-0.1, -0.05) is 46.0 Å². The van der Waals surface area contributed by atoms with E-state index in [0.717, 1.165) is 42.6 Å². The number of aromatic nitrogens is 1. The Labute approximate surface area is 129 Å². The molecule has 1 N–H and O–H groups in total. The third kappa shape index (κ3) is 6.73. The van der Waals surface area contributed by atoms with Crippen LogP contribution in [0.5, 0.6) is 0 Å². The average molecular weight is 288 g/mol. The molecule has 0 spiro atoms. The lowest BCUT2D eigenvalue weighted by atomic mass is 10.0. The first-order valence-electron chi connectivity index (χ1n) is 8.19. The molecule has 3 heteroatoms. The summed E-state index contributed by atoms with van der Waals surface area (Å²) in [6.07, 6.45) is 8.94. The topological polar surface area (TPSA) is 56.9 Å². The van der Waals surface area contributed by atoms with E-state index in [1.807, 2.05) is 12.1 Å². The smallest absolute Gasteiger partial charge is 0.101 e. The van der Waals surface area contributed by atoms with Crippen molar-refractivity contribution < 1.29 is 5.11 Å². The number of nitriles is 1. The van der Waals surface area contributed by atoms with Gasteiger partial charge in [-0.25, -0.2) is 0 Å². The Morgan fingerprint density at radius 1 is 1.05 bits per heavy atom. The van der Waals surface area contributed by atoms with Gasteiger partial charge in [0.15, 0.2) is 0 Å². The molecule has 116 valence electrons. The van der Waals surface area contributed by atoms with Crippen molar-refractivity contribution >= 4 is 0 Å². The molecule has 0 bridgehead atoms. The van der Waals surface area contributed by atoms with Crippen LogP contribution in [0.25, 0.3) is 0 Å². The zero-order valence-corrected chi connectivity index (χ0v) is 13.4. The van der Waals surface area contributed by atoms with Crippen LogP contribution in [0.15, 0.2) is 12.1 Å². The number of hydrogen-bond donors (Lipinski definition) is 1. The third-order valence-electron chi connectivity index (χ3n) is 3.78. The zero-order valence-electron chi connectivity index (χ0n) is 13.4. The maximum absolute atomic E-state index is 9.16. The molecule has 0 aliphatic carbocycles. The molecule has 0 atom stereocenters. The second-order valence-electron chi connectivity index (χ2n) is 5.95. The van der Waals surface area contributed by atoms with Crippen molar-refractivity contribution in [3.63, 3.8) is 0 Å². The molecular formula is C18H28N2O. The van der Waals surface area contributed by atoms with Gasteiger partial charge in [0.25, 0.3) is 0 Å². The fraction of sp³-hybridized carbons (Fsp3) is 0.667. The number of aliphatic hydroxyl groups excluding tert-OH is 1. The molecule has 0 saturated carbocycles. The number of hydrogen-bond acceptors (Lipinski definition) is 3. The van der Waals surface area contributed by atoms with Crippen LogP contribution >= 0.6 is 0 Å². The predicted molar refractivity (Wildman–Crippen MR) is 86.1 cm³/mol. The minimum atomic E-state index is 0.314. The lowest BCUT2D eigenvalue weighted by molar-refractivity contribution is 0.282. The maximum Gasteiger partial charge on any atom is 0.101 e. The Morgan fingerprint density at radius 3 is 2.24 bits per heavy atom. The standard InChI is InChI=1S/C18H28N2O/c1-15(2)17-12-11-16(14-19)18(20-17)10-8-6-4-3-5-7-9-13-21/h11-12,15,21H,3-10,13H2,1-2H3. The van der Waals surface area contributed by atoms with Gasteiger partial charge in [0.2, 0.25) is 0 Å². The van der Waals surface area contributed by atoms with Gasteiger partial charge < -0.3 is 5.11 Å². The van der Waals surface area contributed by atoms with Crippen LogP contribution in [0.3, 0.4) is 0 Å². The molecule has 0 amide bonds. The van der Waals surface area contributed by atoms with E-state index >= 15 is 0 Å². The average Bonchev–Trinajstić information content (AvgIpc) is 2.49. The normalized spacial score (nSPS) is 10.8. The van der Waals surface area contributed by atoms with Crippen LogP contribution in [-0.2, 0) is 6.42 Å². The molecule has 0 unspecified atom stereocenters. The first-order chi connectivity index (χ1) is 10.2. The summed E-state index contributed by atoms with van der Waals surface area (Å²) in [6, 6.07) is 6.13. The maximum atomic E-state index is 9.16. The summed E-state index contributed by atoms with van der Waals surface area (Å²) in [7, 11) is 0. The van der Waals surface area contributed by atoms with Crippen molar-refractivity contribution in [3.8, 4) is 6.07 Å². The molecule has 0 fully saturated rings. The summed E-state index contributed by atoms with van der Waals surface area (Å²) in [5, 5.41) is 17.9. The van der Waals surface area contributed by atoms with Crippen LogP contribution in [0.2, 0.25) is 0 Å². The van der Waals surface area contributed by atoms with Gasteiger partial charge in [-0.15, -0.1) is 0 Å². The molecule has 3 nitrogen and oxygen atoms in total. The Balaban J connectivity index is 2.34. The molecular weight excluding hydrogens is 260 g/mol. The fourth-order valence-corrected chi connectivity index (χ4v) is 2.42. The minimum absolute atomic E-state index is 0.314. The van der Waals surface area contributed by atoms with E-state index in [2.05, 4.69) is 24.9 Å². The van der Waals surface area contributed by atoms with Gasteiger partial charge in [0.05, 0.1) is 11.3 Å². The second kappa shape index (κ2) is 10.3. The van der Waals surface area contributed by atoms with Crippen molar-refractivity contribution in [2.45, 2.75) is 71.1 Å². The summed E-state index contributed by atoms with van der Waals surface area (Å²) >= 11 is 0. The van der Waals surface area contributed by atoms with Gasteiger partial charge in [-0.05, 0) is 37.3 Å². The van der Waals surface area contributed by atoms with Gasteiger partial charge in [0.1, 0.15) is 6.07 Å². The van der Waals surface area contributed by atoms with E-state index in [-0.39, 0.29) is 0 Å². The quantitative estimate of drug-likeness (QED) is 0.651. The van der Waals surface area contributed by atoms with Crippen molar-refractivity contribution in [3.05, 3.63) is 29.1 Å².